The van der Waals surface area contributed by atoms with E-state index in [1.54, 1.807) is 0 Å². The molecule has 1 aliphatic rings. The predicted octanol–water partition coefficient (Wildman–Crippen LogP) is 2.82. The quantitative estimate of drug-likeness (QED) is 0.737. The number of amides is 1. The van der Waals surface area contributed by atoms with E-state index >= 15 is 0 Å². The Morgan fingerprint density at radius 2 is 2.20 bits per heavy atom. The standard InChI is InChI=1S/C19H22N4O2/c1-13-10-15(25-21-13)11-18(24)23-9-5-6-14(12-23)19-20-16-7-3-4-8-17(16)22(19)2/h3-4,7-8,10,14H,5-6,9,11-12H2,1-2H3. The maximum Gasteiger partial charge on any atom is 0.230 e. The maximum atomic E-state index is 12.6. The first kappa shape index (κ1) is 15.9. The molecule has 25 heavy (non-hydrogen) atoms. The third-order valence-electron chi connectivity index (χ3n) is 4.96. The second-order valence-electron chi connectivity index (χ2n) is 6.81. The largest absolute Gasteiger partial charge is 0.361 e. The van der Waals surface area contributed by atoms with Crippen molar-refractivity contribution in [2.45, 2.75) is 32.1 Å². The minimum absolute atomic E-state index is 0.0969. The number of rotatable bonds is 3. The highest BCUT2D eigenvalue weighted by Crippen LogP contribution is 2.29. The van der Waals surface area contributed by atoms with Gasteiger partial charge in [-0.3, -0.25) is 4.79 Å². The van der Waals surface area contributed by atoms with Gasteiger partial charge in [0.05, 0.1) is 23.1 Å². The summed E-state index contributed by atoms with van der Waals surface area (Å²) in [4.78, 5) is 19.4. The summed E-state index contributed by atoms with van der Waals surface area (Å²) in [5.41, 5.74) is 2.96. The van der Waals surface area contributed by atoms with Gasteiger partial charge in [0.25, 0.3) is 0 Å². The van der Waals surface area contributed by atoms with E-state index in [1.165, 1.54) is 0 Å². The Kier molecular flexibility index (Phi) is 4.03. The molecule has 6 heteroatoms. The summed E-state index contributed by atoms with van der Waals surface area (Å²) in [6.07, 6.45) is 2.33. The second-order valence-corrected chi connectivity index (χ2v) is 6.81. The van der Waals surface area contributed by atoms with Crippen LogP contribution in [0.4, 0.5) is 0 Å². The molecule has 1 atom stereocenters. The molecule has 1 saturated heterocycles. The molecule has 0 radical (unpaired) electrons. The Bertz CT molecular complexity index is 911. The Hall–Kier alpha value is -2.63. The number of hydrogen-bond acceptors (Lipinski definition) is 4. The summed E-state index contributed by atoms with van der Waals surface area (Å²) in [7, 11) is 2.06. The van der Waals surface area contributed by atoms with Crippen LogP contribution in [0.2, 0.25) is 0 Å². The SMILES string of the molecule is Cc1cc(CC(=O)N2CCCC(c3nc4ccccc4n3C)C2)on1. The van der Waals surface area contributed by atoms with Gasteiger partial charge in [-0.2, -0.15) is 0 Å². The molecule has 3 heterocycles. The minimum atomic E-state index is 0.0969. The van der Waals surface area contributed by atoms with Crippen LogP contribution in [0.3, 0.4) is 0 Å². The number of benzene rings is 1. The molecule has 1 unspecified atom stereocenters. The number of nitrogens with zero attached hydrogens (tertiary/aromatic N) is 4. The number of hydrogen-bond donors (Lipinski definition) is 0. The zero-order valence-corrected chi connectivity index (χ0v) is 14.6. The average Bonchev–Trinajstić information content (AvgIpc) is 3.19. The van der Waals surface area contributed by atoms with Gasteiger partial charge in [-0.15, -0.1) is 0 Å². The summed E-state index contributed by atoms with van der Waals surface area (Å²) >= 11 is 0. The highest BCUT2D eigenvalue weighted by molar-refractivity contribution is 5.78. The number of fused-ring (bicyclic) bond motifs is 1. The van der Waals surface area contributed by atoms with E-state index in [1.807, 2.05) is 36.1 Å². The molecule has 1 fully saturated rings. The maximum absolute atomic E-state index is 12.6. The van der Waals surface area contributed by atoms with Crippen molar-refractivity contribution in [3.63, 3.8) is 0 Å². The topological polar surface area (TPSA) is 64.2 Å². The summed E-state index contributed by atoms with van der Waals surface area (Å²) < 4.78 is 7.34. The molecule has 1 aromatic carbocycles. The van der Waals surface area contributed by atoms with Crippen molar-refractivity contribution < 1.29 is 9.32 Å². The minimum Gasteiger partial charge on any atom is -0.361 e. The van der Waals surface area contributed by atoms with E-state index in [0.29, 0.717) is 12.3 Å². The zero-order chi connectivity index (χ0) is 17.4. The molecule has 3 aromatic rings. The number of carbonyl (C=O) groups is 1. The molecule has 4 rings (SSSR count). The number of aryl methyl sites for hydroxylation is 2. The van der Waals surface area contributed by atoms with Crippen LogP contribution in [0.25, 0.3) is 11.0 Å². The lowest BCUT2D eigenvalue weighted by molar-refractivity contribution is -0.132. The monoisotopic (exact) mass is 338 g/mol. The van der Waals surface area contributed by atoms with E-state index in [9.17, 15) is 4.79 Å². The van der Waals surface area contributed by atoms with E-state index < -0.39 is 0 Å². The second kappa shape index (κ2) is 6.35. The van der Waals surface area contributed by atoms with Crippen LogP contribution in [0.1, 0.15) is 36.0 Å². The van der Waals surface area contributed by atoms with E-state index in [2.05, 4.69) is 22.8 Å². The Morgan fingerprint density at radius 1 is 1.36 bits per heavy atom. The van der Waals surface area contributed by atoms with Crippen molar-refractivity contribution in [1.82, 2.24) is 19.6 Å². The van der Waals surface area contributed by atoms with Gasteiger partial charge in [0.2, 0.25) is 5.91 Å². The molecule has 0 aliphatic carbocycles. The molecule has 0 bridgehead atoms. The summed E-state index contributed by atoms with van der Waals surface area (Å²) in [5.74, 6) is 2.06. The number of carbonyl (C=O) groups excluding carboxylic acids is 1. The van der Waals surface area contributed by atoms with Gasteiger partial charge >= 0.3 is 0 Å². The van der Waals surface area contributed by atoms with Crippen LogP contribution in [0.15, 0.2) is 34.9 Å². The third-order valence-corrected chi connectivity index (χ3v) is 4.96. The lowest BCUT2D eigenvalue weighted by atomic mass is 9.96. The van der Waals surface area contributed by atoms with Crippen molar-refractivity contribution in [3.05, 3.63) is 47.6 Å². The first-order valence-electron chi connectivity index (χ1n) is 8.73. The molecule has 0 spiro atoms. The van der Waals surface area contributed by atoms with Gasteiger partial charge in [0.15, 0.2) is 0 Å². The smallest absolute Gasteiger partial charge is 0.230 e. The molecule has 0 saturated carbocycles. The van der Waals surface area contributed by atoms with Crippen LogP contribution in [-0.4, -0.2) is 38.6 Å². The third kappa shape index (κ3) is 3.04. The normalized spacial score (nSPS) is 18.0. The van der Waals surface area contributed by atoms with Crippen LogP contribution < -0.4 is 0 Å². The first-order valence-corrected chi connectivity index (χ1v) is 8.73. The van der Waals surface area contributed by atoms with Gasteiger partial charge in [-0.05, 0) is 31.9 Å². The van der Waals surface area contributed by atoms with Gasteiger partial charge in [0, 0.05) is 32.1 Å². The Balaban J connectivity index is 1.52. The van der Waals surface area contributed by atoms with Crippen molar-refractivity contribution in [2.75, 3.05) is 13.1 Å². The Morgan fingerprint density at radius 3 is 2.96 bits per heavy atom. The number of piperidine rings is 1. The summed E-state index contributed by atoms with van der Waals surface area (Å²) in [5, 5.41) is 3.85. The fourth-order valence-corrected chi connectivity index (χ4v) is 3.70. The van der Waals surface area contributed by atoms with Crippen LogP contribution in [0, 0.1) is 6.92 Å². The lowest BCUT2D eigenvalue weighted by Gasteiger charge is -2.32. The number of imidazole rings is 1. The zero-order valence-electron chi connectivity index (χ0n) is 14.6. The molecule has 2 aromatic heterocycles. The van der Waals surface area contributed by atoms with Gasteiger partial charge in [-0.1, -0.05) is 17.3 Å². The molecule has 1 aliphatic heterocycles. The highest BCUT2D eigenvalue weighted by atomic mass is 16.5. The van der Waals surface area contributed by atoms with E-state index in [4.69, 9.17) is 9.51 Å². The van der Waals surface area contributed by atoms with Crippen LogP contribution >= 0.6 is 0 Å². The average molecular weight is 338 g/mol. The van der Waals surface area contributed by atoms with Gasteiger partial charge in [-0.25, -0.2) is 4.98 Å². The van der Waals surface area contributed by atoms with Crippen molar-refractivity contribution in [2.24, 2.45) is 7.05 Å². The summed E-state index contributed by atoms with van der Waals surface area (Å²) in [6.45, 7) is 3.37. The first-order chi connectivity index (χ1) is 12.1. The molecule has 6 nitrogen and oxygen atoms in total. The Labute approximate surface area is 146 Å². The van der Waals surface area contributed by atoms with E-state index in [-0.39, 0.29) is 18.2 Å². The lowest BCUT2D eigenvalue weighted by Crippen LogP contribution is -2.40. The molecule has 0 N–H and O–H groups in total. The molecule has 130 valence electrons. The predicted molar refractivity (Wildman–Crippen MR) is 94.2 cm³/mol. The fraction of sp³-hybridized carbons (Fsp3) is 0.421. The van der Waals surface area contributed by atoms with Gasteiger partial charge < -0.3 is 14.0 Å². The molecular weight excluding hydrogens is 316 g/mol. The number of para-hydroxylation sites is 2. The van der Waals surface area contributed by atoms with Crippen LogP contribution in [0.5, 0.6) is 0 Å². The van der Waals surface area contributed by atoms with Crippen molar-refractivity contribution in [1.29, 1.82) is 0 Å². The molecule has 1 amide bonds. The number of aromatic nitrogens is 3. The van der Waals surface area contributed by atoms with Gasteiger partial charge in [0.1, 0.15) is 11.6 Å². The van der Waals surface area contributed by atoms with E-state index in [0.717, 1.165) is 41.9 Å². The fourth-order valence-electron chi connectivity index (χ4n) is 3.70. The highest BCUT2D eigenvalue weighted by Gasteiger charge is 2.28. The van der Waals surface area contributed by atoms with Crippen molar-refractivity contribution in [3.8, 4) is 0 Å². The number of likely N-dealkylation sites (tertiary alicyclic amines) is 1. The van der Waals surface area contributed by atoms with Crippen molar-refractivity contribution >= 4 is 16.9 Å². The van der Waals surface area contributed by atoms with Crippen LogP contribution in [-0.2, 0) is 18.3 Å². The summed E-state index contributed by atoms with van der Waals surface area (Å²) in [6, 6.07) is 9.99. The molecular formula is C19H22N4O2.